The lowest BCUT2D eigenvalue weighted by Gasteiger charge is -2.19. The van der Waals surface area contributed by atoms with Crippen LogP contribution in [0.5, 0.6) is 0 Å². The molecule has 0 amide bonds. The van der Waals surface area contributed by atoms with E-state index in [-0.39, 0.29) is 0 Å². The SMILES string of the molecule is CNCCC(C)CCC1C=CC1. The van der Waals surface area contributed by atoms with Crippen LogP contribution in [0.25, 0.3) is 0 Å². The summed E-state index contributed by atoms with van der Waals surface area (Å²) >= 11 is 0. The molecule has 1 aliphatic carbocycles. The summed E-state index contributed by atoms with van der Waals surface area (Å²) in [6, 6.07) is 0. The molecular formula is C11H21N. The fourth-order valence-electron chi connectivity index (χ4n) is 1.58. The van der Waals surface area contributed by atoms with E-state index in [9.17, 15) is 0 Å². The Hall–Kier alpha value is -0.300. The van der Waals surface area contributed by atoms with Crippen molar-refractivity contribution in [2.24, 2.45) is 11.8 Å². The van der Waals surface area contributed by atoms with Crippen LogP contribution < -0.4 is 5.32 Å². The molecule has 0 fully saturated rings. The van der Waals surface area contributed by atoms with Crippen LogP contribution in [-0.2, 0) is 0 Å². The van der Waals surface area contributed by atoms with Crippen LogP contribution in [0.1, 0.15) is 32.6 Å². The highest BCUT2D eigenvalue weighted by molar-refractivity contribution is 5.01. The van der Waals surface area contributed by atoms with Gasteiger partial charge in [-0.1, -0.05) is 25.5 Å². The summed E-state index contributed by atoms with van der Waals surface area (Å²) in [5.74, 6) is 1.81. The second-order valence-electron chi connectivity index (χ2n) is 4.00. The summed E-state index contributed by atoms with van der Waals surface area (Å²) in [5.41, 5.74) is 0. The molecule has 0 heterocycles. The van der Waals surface area contributed by atoms with Crippen molar-refractivity contribution in [3.8, 4) is 0 Å². The number of nitrogens with one attached hydrogen (secondary N) is 1. The Morgan fingerprint density at radius 1 is 1.50 bits per heavy atom. The van der Waals surface area contributed by atoms with E-state index in [1.54, 1.807) is 0 Å². The number of hydrogen-bond acceptors (Lipinski definition) is 1. The van der Waals surface area contributed by atoms with Crippen LogP contribution in [-0.4, -0.2) is 13.6 Å². The first-order valence-corrected chi connectivity index (χ1v) is 5.14. The fraction of sp³-hybridized carbons (Fsp3) is 0.818. The Morgan fingerprint density at radius 2 is 2.25 bits per heavy atom. The molecular weight excluding hydrogens is 146 g/mol. The van der Waals surface area contributed by atoms with Gasteiger partial charge in [-0.25, -0.2) is 0 Å². The molecule has 0 radical (unpaired) electrons. The van der Waals surface area contributed by atoms with Crippen molar-refractivity contribution in [2.45, 2.75) is 32.6 Å². The minimum absolute atomic E-state index is 0.895. The molecule has 1 aliphatic rings. The maximum atomic E-state index is 3.20. The van der Waals surface area contributed by atoms with Gasteiger partial charge in [0.25, 0.3) is 0 Å². The minimum atomic E-state index is 0.895. The summed E-state index contributed by atoms with van der Waals surface area (Å²) in [6.45, 7) is 3.53. The van der Waals surface area contributed by atoms with E-state index < -0.39 is 0 Å². The molecule has 0 aromatic heterocycles. The molecule has 0 saturated heterocycles. The zero-order valence-electron chi connectivity index (χ0n) is 8.34. The maximum Gasteiger partial charge on any atom is -0.00494 e. The van der Waals surface area contributed by atoms with Gasteiger partial charge in [0.1, 0.15) is 0 Å². The normalized spacial score (nSPS) is 23.7. The van der Waals surface area contributed by atoms with E-state index in [2.05, 4.69) is 24.4 Å². The molecule has 0 spiro atoms. The zero-order valence-corrected chi connectivity index (χ0v) is 8.34. The Balaban J connectivity index is 1.94. The molecule has 2 unspecified atom stereocenters. The van der Waals surface area contributed by atoms with Gasteiger partial charge < -0.3 is 5.32 Å². The van der Waals surface area contributed by atoms with Crippen molar-refractivity contribution in [2.75, 3.05) is 13.6 Å². The Kier molecular flexibility index (Phi) is 4.37. The molecule has 0 bridgehead atoms. The van der Waals surface area contributed by atoms with Crippen LogP contribution in [0.3, 0.4) is 0 Å². The number of allylic oxidation sites excluding steroid dienone is 2. The molecule has 0 saturated carbocycles. The Labute approximate surface area is 76.2 Å². The molecule has 70 valence electrons. The summed E-state index contributed by atoms with van der Waals surface area (Å²) in [4.78, 5) is 0. The van der Waals surface area contributed by atoms with Gasteiger partial charge in [0.2, 0.25) is 0 Å². The average Bonchev–Trinajstić information content (AvgIpc) is 1.98. The van der Waals surface area contributed by atoms with Crippen molar-refractivity contribution in [1.82, 2.24) is 5.32 Å². The predicted octanol–water partition coefficient (Wildman–Crippen LogP) is 2.59. The third-order valence-electron chi connectivity index (χ3n) is 2.76. The molecule has 1 rings (SSSR count). The lowest BCUT2D eigenvalue weighted by Crippen LogP contribution is -2.12. The molecule has 0 aromatic rings. The van der Waals surface area contributed by atoms with Gasteiger partial charge in [-0.15, -0.1) is 0 Å². The first kappa shape index (κ1) is 9.79. The maximum absolute atomic E-state index is 3.20. The third kappa shape index (κ3) is 3.40. The van der Waals surface area contributed by atoms with E-state index in [0.29, 0.717) is 0 Å². The van der Waals surface area contributed by atoms with Crippen molar-refractivity contribution < 1.29 is 0 Å². The highest BCUT2D eigenvalue weighted by atomic mass is 14.8. The molecule has 2 atom stereocenters. The van der Waals surface area contributed by atoms with E-state index >= 15 is 0 Å². The largest absolute Gasteiger partial charge is 0.320 e. The predicted molar refractivity (Wildman–Crippen MR) is 54.2 cm³/mol. The first-order valence-electron chi connectivity index (χ1n) is 5.14. The van der Waals surface area contributed by atoms with Crippen molar-refractivity contribution >= 4 is 0 Å². The van der Waals surface area contributed by atoms with Crippen LogP contribution in [0.2, 0.25) is 0 Å². The molecule has 12 heavy (non-hydrogen) atoms. The molecule has 0 aromatic carbocycles. The van der Waals surface area contributed by atoms with E-state index in [1.165, 1.54) is 32.2 Å². The standard InChI is InChI=1S/C11H21N/c1-10(8-9-12-2)6-7-11-4-3-5-11/h3-4,10-12H,5-9H2,1-2H3. The molecule has 1 heteroatoms. The van der Waals surface area contributed by atoms with Crippen LogP contribution in [0.4, 0.5) is 0 Å². The van der Waals surface area contributed by atoms with Gasteiger partial charge in [0, 0.05) is 0 Å². The number of rotatable bonds is 6. The van der Waals surface area contributed by atoms with Crippen LogP contribution in [0.15, 0.2) is 12.2 Å². The molecule has 0 aliphatic heterocycles. The van der Waals surface area contributed by atoms with Crippen molar-refractivity contribution in [1.29, 1.82) is 0 Å². The molecule has 1 nitrogen and oxygen atoms in total. The topological polar surface area (TPSA) is 12.0 Å². The summed E-state index contributed by atoms with van der Waals surface area (Å²) in [5, 5.41) is 3.20. The van der Waals surface area contributed by atoms with Gasteiger partial charge >= 0.3 is 0 Å². The smallest absolute Gasteiger partial charge is 0.00494 e. The van der Waals surface area contributed by atoms with Gasteiger partial charge in [-0.2, -0.15) is 0 Å². The van der Waals surface area contributed by atoms with Crippen LogP contribution >= 0.6 is 0 Å². The second kappa shape index (κ2) is 5.36. The lowest BCUT2D eigenvalue weighted by atomic mass is 9.87. The summed E-state index contributed by atoms with van der Waals surface area (Å²) < 4.78 is 0. The highest BCUT2D eigenvalue weighted by Gasteiger charge is 2.11. The van der Waals surface area contributed by atoms with Gasteiger partial charge in [0.15, 0.2) is 0 Å². The molecule has 1 N–H and O–H groups in total. The third-order valence-corrected chi connectivity index (χ3v) is 2.76. The second-order valence-corrected chi connectivity index (χ2v) is 4.00. The minimum Gasteiger partial charge on any atom is -0.320 e. The highest BCUT2D eigenvalue weighted by Crippen LogP contribution is 2.24. The summed E-state index contributed by atoms with van der Waals surface area (Å²) in [7, 11) is 2.03. The van der Waals surface area contributed by atoms with E-state index in [4.69, 9.17) is 0 Å². The zero-order chi connectivity index (χ0) is 8.81. The van der Waals surface area contributed by atoms with Crippen molar-refractivity contribution in [3.63, 3.8) is 0 Å². The fourth-order valence-corrected chi connectivity index (χ4v) is 1.58. The average molecular weight is 167 g/mol. The Morgan fingerprint density at radius 3 is 2.75 bits per heavy atom. The van der Waals surface area contributed by atoms with Crippen molar-refractivity contribution in [3.05, 3.63) is 12.2 Å². The lowest BCUT2D eigenvalue weighted by molar-refractivity contribution is 0.417. The van der Waals surface area contributed by atoms with Gasteiger partial charge in [-0.05, 0) is 44.7 Å². The first-order chi connectivity index (χ1) is 5.83. The quantitative estimate of drug-likeness (QED) is 0.600. The Bertz CT molecular complexity index is 140. The van der Waals surface area contributed by atoms with Gasteiger partial charge in [0.05, 0.1) is 0 Å². The van der Waals surface area contributed by atoms with E-state index in [0.717, 1.165) is 11.8 Å². The monoisotopic (exact) mass is 167 g/mol. The summed E-state index contributed by atoms with van der Waals surface area (Å²) in [6.07, 6.45) is 10.1. The number of hydrogen-bond donors (Lipinski definition) is 1. The van der Waals surface area contributed by atoms with Gasteiger partial charge in [-0.3, -0.25) is 0 Å². The van der Waals surface area contributed by atoms with E-state index in [1.807, 2.05) is 7.05 Å². The van der Waals surface area contributed by atoms with Crippen LogP contribution in [0, 0.1) is 11.8 Å².